The summed E-state index contributed by atoms with van der Waals surface area (Å²) < 4.78 is 0. The van der Waals surface area contributed by atoms with Gasteiger partial charge in [0.1, 0.15) is 10.8 Å². The fourth-order valence-corrected chi connectivity index (χ4v) is 1.66. The molecule has 4 N–H and O–H groups in total. The van der Waals surface area contributed by atoms with Gasteiger partial charge < -0.3 is 16.4 Å². The highest BCUT2D eigenvalue weighted by atomic mass is 32.1. The molecular weight excluding hydrogens is 236 g/mol. The van der Waals surface area contributed by atoms with Gasteiger partial charge in [0.15, 0.2) is 0 Å². The Morgan fingerprint density at radius 1 is 1.47 bits per heavy atom. The van der Waals surface area contributed by atoms with Crippen molar-refractivity contribution in [3.8, 4) is 0 Å². The van der Waals surface area contributed by atoms with Gasteiger partial charge in [-0.15, -0.1) is 0 Å². The molecule has 0 aliphatic carbocycles. The molecule has 0 aliphatic rings. The number of hydrogen-bond acceptors (Lipinski definition) is 4. The Bertz CT molecular complexity index is 447. The van der Waals surface area contributed by atoms with Gasteiger partial charge in [-0.2, -0.15) is 0 Å². The molecule has 0 radical (unpaired) electrons. The number of pyridine rings is 1. The number of aryl methyl sites for hydroxylation is 1. The van der Waals surface area contributed by atoms with Crippen LogP contribution in [0.4, 0.5) is 5.82 Å². The zero-order chi connectivity index (χ0) is 13.0. The van der Waals surface area contributed by atoms with Crippen LogP contribution in [0.25, 0.3) is 0 Å². The molecule has 0 fully saturated rings. The predicted octanol–water partition coefficient (Wildman–Crippen LogP) is 0.336. The molecule has 0 saturated heterocycles. The SMILES string of the molecule is CCN(CC(N)=O)c1nc(C)ccc1C(N)=S. The Kier molecular flexibility index (Phi) is 4.39. The Labute approximate surface area is 106 Å². The summed E-state index contributed by atoms with van der Waals surface area (Å²) in [6.45, 7) is 4.48. The Morgan fingerprint density at radius 2 is 2.12 bits per heavy atom. The summed E-state index contributed by atoms with van der Waals surface area (Å²) in [6, 6.07) is 3.64. The first-order valence-corrected chi connectivity index (χ1v) is 5.67. The van der Waals surface area contributed by atoms with Crippen molar-refractivity contribution < 1.29 is 4.79 Å². The van der Waals surface area contributed by atoms with Crippen LogP contribution in [0, 0.1) is 6.92 Å². The number of amides is 1. The molecule has 5 nitrogen and oxygen atoms in total. The van der Waals surface area contributed by atoms with E-state index in [1.165, 1.54) is 0 Å². The molecule has 0 spiro atoms. The van der Waals surface area contributed by atoms with Crippen molar-refractivity contribution in [1.29, 1.82) is 0 Å². The van der Waals surface area contributed by atoms with Gasteiger partial charge in [-0.3, -0.25) is 4.79 Å². The highest BCUT2D eigenvalue weighted by Gasteiger charge is 2.15. The molecule has 1 amide bonds. The first-order chi connectivity index (χ1) is 7.95. The molecule has 1 aromatic rings. The minimum absolute atomic E-state index is 0.0998. The van der Waals surface area contributed by atoms with E-state index < -0.39 is 5.91 Å². The predicted molar refractivity (Wildman–Crippen MR) is 71.9 cm³/mol. The lowest BCUT2D eigenvalue weighted by molar-refractivity contribution is -0.116. The van der Waals surface area contributed by atoms with Gasteiger partial charge in [-0.1, -0.05) is 12.2 Å². The summed E-state index contributed by atoms with van der Waals surface area (Å²) >= 11 is 4.97. The summed E-state index contributed by atoms with van der Waals surface area (Å²) in [5.74, 6) is 0.197. The van der Waals surface area contributed by atoms with E-state index in [0.717, 1.165) is 5.69 Å². The second kappa shape index (κ2) is 5.58. The van der Waals surface area contributed by atoms with E-state index in [1.54, 1.807) is 4.90 Å². The lowest BCUT2D eigenvalue weighted by Gasteiger charge is -2.23. The summed E-state index contributed by atoms with van der Waals surface area (Å²) in [6.07, 6.45) is 0. The van der Waals surface area contributed by atoms with E-state index in [1.807, 2.05) is 26.0 Å². The second-order valence-corrected chi connectivity index (χ2v) is 4.11. The van der Waals surface area contributed by atoms with Crippen LogP contribution in [-0.4, -0.2) is 29.0 Å². The third kappa shape index (κ3) is 3.39. The standard InChI is InChI=1S/C11H16N4OS/c1-3-15(6-9(12)16)11-8(10(13)17)5-4-7(2)14-11/h4-5H,3,6H2,1-2H3,(H2,12,16)(H2,13,17). The number of carbonyl (C=O) groups is 1. The van der Waals surface area contributed by atoms with Crippen molar-refractivity contribution in [2.75, 3.05) is 18.0 Å². The molecule has 0 bridgehead atoms. The van der Waals surface area contributed by atoms with Crippen molar-refractivity contribution in [2.45, 2.75) is 13.8 Å². The van der Waals surface area contributed by atoms with Crippen LogP contribution >= 0.6 is 12.2 Å². The van der Waals surface area contributed by atoms with Crippen LogP contribution in [0.3, 0.4) is 0 Å². The lowest BCUT2D eigenvalue weighted by atomic mass is 10.2. The summed E-state index contributed by atoms with van der Waals surface area (Å²) in [5, 5.41) is 0. The van der Waals surface area contributed by atoms with Crippen LogP contribution in [0.15, 0.2) is 12.1 Å². The molecule has 0 atom stereocenters. The van der Waals surface area contributed by atoms with Crippen molar-refractivity contribution in [1.82, 2.24) is 4.98 Å². The molecule has 0 aromatic carbocycles. The molecule has 92 valence electrons. The van der Waals surface area contributed by atoms with Crippen LogP contribution < -0.4 is 16.4 Å². The molecule has 1 heterocycles. The largest absolute Gasteiger partial charge is 0.389 e. The number of hydrogen-bond donors (Lipinski definition) is 2. The zero-order valence-electron chi connectivity index (χ0n) is 9.93. The smallest absolute Gasteiger partial charge is 0.236 e. The maximum atomic E-state index is 11.0. The monoisotopic (exact) mass is 252 g/mol. The van der Waals surface area contributed by atoms with Crippen LogP contribution in [0.5, 0.6) is 0 Å². The van der Waals surface area contributed by atoms with E-state index in [-0.39, 0.29) is 11.5 Å². The molecule has 1 aromatic heterocycles. The fourth-order valence-electron chi connectivity index (χ4n) is 1.50. The van der Waals surface area contributed by atoms with Crippen molar-refractivity contribution in [3.63, 3.8) is 0 Å². The van der Waals surface area contributed by atoms with E-state index >= 15 is 0 Å². The van der Waals surface area contributed by atoms with Gasteiger partial charge in [0, 0.05) is 12.2 Å². The van der Waals surface area contributed by atoms with Gasteiger partial charge >= 0.3 is 0 Å². The average molecular weight is 252 g/mol. The van der Waals surface area contributed by atoms with Crippen LogP contribution in [0.2, 0.25) is 0 Å². The fraction of sp³-hybridized carbons (Fsp3) is 0.364. The maximum Gasteiger partial charge on any atom is 0.236 e. The molecule has 6 heteroatoms. The Morgan fingerprint density at radius 3 is 2.59 bits per heavy atom. The number of nitrogens with zero attached hydrogens (tertiary/aromatic N) is 2. The first kappa shape index (κ1) is 13.4. The number of anilines is 1. The number of thiocarbonyl (C=S) groups is 1. The summed E-state index contributed by atoms with van der Waals surface area (Å²) in [7, 11) is 0. The number of primary amides is 1. The van der Waals surface area contributed by atoms with Crippen LogP contribution in [-0.2, 0) is 4.79 Å². The third-order valence-corrected chi connectivity index (χ3v) is 2.53. The van der Waals surface area contributed by atoms with Gasteiger partial charge in [0.25, 0.3) is 0 Å². The van der Waals surface area contributed by atoms with E-state index in [0.29, 0.717) is 17.9 Å². The molecule has 1 rings (SSSR count). The molecule has 0 aliphatic heterocycles. The minimum atomic E-state index is -0.413. The molecule has 0 unspecified atom stereocenters. The number of aromatic nitrogens is 1. The Balaban J connectivity index is 3.20. The third-order valence-electron chi connectivity index (χ3n) is 2.31. The highest BCUT2D eigenvalue weighted by molar-refractivity contribution is 7.80. The average Bonchev–Trinajstić information content (AvgIpc) is 2.25. The highest BCUT2D eigenvalue weighted by Crippen LogP contribution is 2.18. The number of carbonyl (C=O) groups excluding carboxylic acids is 1. The van der Waals surface area contributed by atoms with Crippen LogP contribution in [0.1, 0.15) is 18.2 Å². The van der Waals surface area contributed by atoms with E-state index in [9.17, 15) is 4.79 Å². The van der Waals surface area contributed by atoms with Crippen molar-refractivity contribution in [3.05, 3.63) is 23.4 Å². The summed E-state index contributed by atoms with van der Waals surface area (Å²) in [5.41, 5.74) is 12.3. The topological polar surface area (TPSA) is 85.2 Å². The molecular formula is C11H16N4OS. The van der Waals surface area contributed by atoms with E-state index in [2.05, 4.69) is 4.98 Å². The molecule has 17 heavy (non-hydrogen) atoms. The number of likely N-dealkylation sites (N-methyl/N-ethyl adjacent to an activating group) is 1. The van der Waals surface area contributed by atoms with Gasteiger partial charge in [-0.25, -0.2) is 4.98 Å². The lowest BCUT2D eigenvalue weighted by Crippen LogP contribution is -2.35. The number of nitrogens with two attached hydrogens (primary N) is 2. The van der Waals surface area contributed by atoms with Gasteiger partial charge in [-0.05, 0) is 26.0 Å². The van der Waals surface area contributed by atoms with Gasteiger partial charge in [0.2, 0.25) is 5.91 Å². The Hall–Kier alpha value is -1.69. The van der Waals surface area contributed by atoms with Crippen molar-refractivity contribution in [2.24, 2.45) is 11.5 Å². The minimum Gasteiger partial charge on any atom is -0.389 e. The van der Waals surface area contributed by atoms with Crippen molar-refractivity contribution >= 4 is 28.9 Å². The first-order valence-electron chi connectivity index (χ1n) is 5.26. The quantitative estimate of drug-likeness (QED) is 0.738. The molecule has 0 saturated carbocycles. The normalized spacial score (nSPS) is 10.0. The van der Waals surface area contributed by atoms with E-state index in [4.69, 9.17) is 23.7 Å². The second-order valence-electron chi connectivity index (χ2n) is 3.67. The number of rotatable bonds is 5. The van der Waals surface area contributed by atoms with Gasteiger partial charge in [0.05, 0.1) is 12.1 Å². The zero-order valence-corrected chi connectivity index (χ0v) is 10.8. The maximum absolute atomic E-state index is 11.0. The summed E-state index contributed by atoms with van der Waals surface area (Å²) in [4.78, 5) is 17.4.